The van der Waals surface area contributed by atoms with E-state index in [0.29, 0.717) is 11.3 Å². The van der Waals surface area contributed by atoms with E-state index in [0.717, 1.165) is 27.8 Å². The van der Waals surface area contributed by atoms with Crippen LogP contribution in [0.3, 0.4) is 0 Å². The van der Waals surface area contributed by atoms with Crippen LogP contribution in [0.1, 0.15) is 15.4 Å². The van der Waals surface area contributed by atoms with Crippen molar-refractivity contribution < 1.29 is 13.6 Å². The van der Waals surface area contributed by atoms with Gasteiger partial charge >= 0.3 is 0 Å². The number of fused-ring (bicyclic) bond motifs is 1. The highest BCUT2D eigenvalue weighted by Crippen LogP contribution is 2.31. The third kappa shape index (κ3) is 4.26. The van der Waals surface area contributed by atoms with Gasteiger partial charge in [-0.3, -0.25) is 19.3 Å². The quantitative estimate of drug-likeness (QED) is 0.335. The van der Waals surface area contributed by atoms with E-state index < -0.39 is 28.8 Å². The van der Waals surface area contributed by atoms with Crippen molar-refractivity contribution in [3.63, 3.8) is 0 Å². The van der Waals surface area contributed by atoms with Gasteiger partial charge in [0.15, 0.2) is 11.6 Å². The summed E-state index contributed by atoms with van der Waals surface area (Å²) in [6.07, 6.45) is 1.59. The molecule has 176 valence electrons. The maximum absolute atomic E-state index is 15.4. The number of hydrogen-bond donors (Lipinski definition) is 3. The van der Waals surface area contributed by atoms with Gasteiger partial charge in [-0.05, 0) is 43.3 Å². The second-order valence-electron chi connectivity index (χ2n) is 7.65. The number of halogens is 2. The van der Waals surface area contributed by atoms with E-state index in [1.807, 2.05) is 6.92 Å². The molecule has 9 nitrogen and oxygen atoms in total. The number of nitrogens with zero attached hydrogens (tertiary/aromatic N) is 4. The molecule has 4 heterocycles. The number of aromatic amines is 1. The van der Waals surface area contributed by atoms with Crippen molar-refractivity contribution in [3.05, 3.63) is 81.2 Å². The number of carbonyl (C=O) groups is 1. The number of hydrogen-bond acceptors (Lipinski definition) is 7. The fourth-order valence-corrected chi connectivity index (χ4v) is 4.33. The van der Waals surface area contributed by atoms with Gasteiger partial charge in [-0.1, -0.05) is 0 Å². The van der Waals surface area contributed by atoms with Crippen LogP contribution in [0.15, 0.2) is 53.5 Å². The summed E-state index contributed by atoms with van der Waals surface area (Å²) in [4.78, 5) is 29.4. The summed E-state index contributed by atoms with van der Waals surface area (Å²) in [5.74, 6) is -2.24. The number of carbonyl (C=O) groups excluding carboxylic acids is 1. The molecule has 0 unspecified atom stereocenters. The Hall–Kier alpha value is -4.45. The molecule has 4 aromatic heterocycles. The zero-order valence-corrected chi connectivity index (χ0v) is 19.2. The Morgan fingerprint density at radius 3 is 2.74 bits per heavy atom. The molecule has 0 spiro atoms. The molecule has 0 saturated carbocycles. The summed E-state index contributed by atoms with van der Waals surface area (Å²) in [7, 11) is 1.75. The highest BCUT2D eigenvalue weighted by molar-refractivity contribution is 7.20. The fraction of sp³-hybridized carbons (Fsp3) is 0.0870. The Morgan fingerprint density at radius 1 is 1.17 bits per heavy atom. The first-order valence-electron chi connectivity index (χ1n) is 10.3. The molecule has 0 bridgehead atoms. The maximum atomic E-state index is 15.4. The van der Waals surface area contributed by atoms with Crippen molar-refractivity contribution >= 4 is 44.7 Å². The molecule has 0 saturated heterocycles. The summed E-state index contributed by atoms with van der Waals surface area (Å²) >= 11 is 1.16. The van der Waals surface area contributed by atoms with Crippen molar-refractivity contribution in [2.75, 3.05) is 10.6 Å². The highest BCUT2D eigenvalue weighted by atomic mass is 32.1. The van der Waals surface area contributed by atoms with Crippen LogP contribution < -0.4 is 16.2 Å². The van der Waals surface area contributed by atoms with Gasteiger partial charge in [-0.15, -0.1) is 11.3 Å². The van der Waals surface area contributed by atoms with Crippen molar-refractivity contribution in [2.45, 2.75) is 6.92 Å². The first-order valence-corrected chi connectivity index (χ1v) is 11.1. The van der Waals surface area contributed by atoms with Gasteiger partial charge < -0.3 is 10.6 Å². The average molecular weight is 493 g/mol. The summed E-state index contributed by atoms with van der Waals surface area (Å²) in [6, 6.07) is 10.3. The van der Waals surface area contributed by atoms with Crippen LogP contribution >= 0.6 is 11.3 Å². The third-order valence-corrected chi connectivity index (χ3v) is 6.39. The number of rotatable bonds is 5. The van der Waals surface area contributed by atoms with E-state index >= 15 is 4.39 Å². The number of amides is 1. The zero-order valence-electron chi connectivity index (χ0n) is 18.4. The van der Waals surface area contributed by atoms with Crippen LogP contribution in [0, 0.1) is 18.6 Å². The zero-order chi connectivity index (χ0) is 24.7. The molecule has 0 aliphatic heterocycles. The SMILES string of the molecule is Cc1cc(Nc2cc(-c3ccc(F)c(NC(=O)c4cc5ncccc5s4)c3F)n[nH]c2=O)nn1C. The Labute approximate surface area is 200 Å². The predicted octanol–water partition coefficient (Wildman–Crippen LogP) is 4.36. The lowest BCUT2D eigenvalue weighted by atomic mass is 10.1. The lowest BCUT2D eigenvalue weighted by molar-refractivity contribution is 0.102. The molecule has 0 atom stereocenters. The van der Waals surface area contributed by atoms with E-state index in [9.17, 15) is 14.0 Å². The minimum Gasteiger partial charge on any atom is -0.334 e. The predicted molar refractivity (Wildman–Crippen MR) is 129 cm³/mol. The smallest absolute Gasteiger partial charge is 0.287 e. The molecule has 5 aromatic rings. The second-order valence-corrected chi connectivity index (χ2v) is 8.73. The summed E-state index contributed by atoms with van der Waals surface area (Å²) in [5, 5.41) is 15.6. The van der Waals surface area contributed by atoms with E-state index in [1.54, 1.807) is 42.2 Å². The van der Waals surface area contributed by atoms with Gasteiger partial charge in [0.1, 0.15) is 17.2 Å². The average Bonchev–Trinajstić information content (AvgIpc) is 3.41. The van der Waals surface area contributed by atoms with Crippen LogP contribution in [-0.2, 0) is 7.05 Å². The monoisotopic (exact) mass is 493 g/mol. The summed E-state index contributed by atoms with van der Waals surface area (Å²) in [6.45, 7) is 1.85. The van der Waals surface area contributed by atoms with Crippen LogP contribution in [-0.4, -0.2) is 30.9 Å². The molecular formula is C23H17F2N7O2S. The van der Waals surface area contributed by atoms with Gasteiger partial charge in [0.2, 0.25) is 0 Å². The third-order valence-electron chi connectivity index (χ3n) is 5.30. The van der Waals surface area contributed by atoms with Crippen LogP contribution in [0.4, 0.5) is 26.0 Å². The largest absolute Gasteiger partial charge is 0.334 e. The number of pyridine rings is 1. The van der Waals surface area contributed by atoms with Gasteiger partial charge in [-0.25, -0.2) is 13.9 Å². The molecule has 3 N–H and O–H groups in total. The van der Waals surface area contributed by atoms with Gasteiger partial charge in [0, 0.05) is 30.6 Å². The fourth-order valence-electron chi connectivity index (χ4n) is 3.42. The molecule has 1 aromatic carbocycles. The number of aryl methyl sites for hydroxylation is 2. The number of H-pyrrole nitrogens is 1. The summed E-state index contributed by atoms with van der Waals surface area (Å²) < 4.78 is 32.3. The van der Waals surface area contributed by atoms with E-state index in [4.69, 9.17) is 0 Å². The topological polar surface area (TPSA) is 118 Å². The highest BCUT2D eigenvalue weighted by Gasteiger charge is 2.21. The Balaban J connectivity index is 1.47. The molecule has 0 radical (unpaired) electrons. The molecular weight excluding hydrogens is 476 g/mol. The van der Waals surface area contributed by atoms with Crippen LogP contribution in [0.2, 0.25) is 0 Å². The van der Waals surface area contributed by atoms with Crippen molar-refractivity contribution in [3.8, 4) is 11.3 Å². The second kappa shape index (κ2) is 8.72. The first-order chi connectivity index (χ1) is 16.8. The molecule has 0 fully saturated rings. The van der Waals surface area contributed by atoms with Crippen molar-refractivity contribution in [2.24, 2.45) is 7.05 Å². The normalized spacial score (nSPS) is 11.1. The Kier molecular flexibility index (Phi) is 5.57. The number of nitrogens with one attached hydrogen (secondary N) is 3. The van der Waals surface area contributed by atoms with Crippen LogP contribution in [0.25, 0.3) is 21.5 Å². The molecule has 5 rings (SSSR count). The Morgan fingerprint density at radius 2 is 2.00 bits per heavy atom. The lowest BCUT2D eigenvalue weighted by Crippen LogP contribution is -2.15. The van der Waals surface area contributed by atoms with Crippen molar-refractivity contribution in [1.82, 2.24) is 25.0 Å². The standard InChI is InChI=1S/C23H17F2N7O2S/c1-11-8-19(31-32(11)2)27-16-9-14(29-30-22(16)33)12-5-6-13(24)21(20(12)25)28-23(34)18-10-15-17(35-18)4-3-7-26-15/h3-10H,1-2H3,(H,28,34)(H,30,33)(H,27,29,31). The number of benzene rings is 1. The van der Waals surface area contributed by atoms with E-state index in [2.05, 4.69) is 30.9 Å². The molecule has 0 aliphatic rings. The van der Waals surface area contributed by atoms with E-state index in [1.165, 1.54) is 12.1 Å². The minimum absolute atomic E-state index is 0.0267. The number of thiophene rings is 1. The van der Waals surface area contributed by atoms with Gasteiger partial charge in [0.25, 0.3) is 11.5 Å². The van der Waals surface area contributed by atoms with Crippen molar-refractivity contribution in [1.29, 1.82) is 0 Å². The number of anilines is 3. The van der Waals surface area contributed by atoms with Gasteiger partial charge in [0.05, 0.1) is 20.8 Å². The van der Waals surface area contributed by atoms with Gasteiger partial charge in [-0.2, -0.15) is 10.2 Å². The first kappa shape index (κ1) is 22.3. The molecule has 0 aliphatic carbocycles. The maximum Gasteiger partial charge on any atom is 0.287 e. The lowest BCUT2D eigenvalue weighted by Gasteiger charge is -2.11. The molecule has 35 heavy (non-hydrogen) atoms. The summed E-state index contributed by atoms with van der Waals surface area (Å²) in [5.41, 5.74) is 0.276. The molecule has 1 amide bonds. The molecule has 12 heteroatoms. The van der Waals surface area contributed by atoms with E-state index in [-0.39, 0.29) is 21.8 Å². The number of aromatic nitrogens is 5. The minimum atomic E-state index is -1.03. The van der Waals surface area contributed by atoms with Crippen LogP contribution in [0.5, 0.6) is 0 Å². The Bertz CT molecular complexity index is 1610.